The van der Waals surface area contributed by atoms with Gasteiger partial charge in [0.25, 0.3) is 0 Å². The van der Waals surface area contributed by atoms with Crippen molar-refractivity contribution < 1.29 is 0 Å². The van der Waals surface area contributed by atoms with Crippen LogP contribution in [0.1, 0.15) is 16.7 Å². The number of amidine groups is 1. The lowest BCUT2D eigenvalue weighted by atomic mass is 10.1. The molecule has 0 saturated heterocycles. The maximum Gasteiger partial charge on any atom is 0.151 e. The Labute approximate surface area is 95.2 Å². The van der Waals surface area contributed by atoms with Crippen molar-refractivity contribution in [3.05, 3.63) is 34.9 Å². The van der Waals surface area contributed by atoms with Crippen molar-refractivity contribution in [1.29, 1.82) is 5.41 Å². The lowest BCUT2D eigenvalue weighted by molar-refractivity contribution is 1.28. The van der Waals surface area contributed by atoms with E-state index in [1.54, 1.807) is 0 Å². The van der Waals surface area contributed by atoms with Crippen molar-refractivity contribution in [3.63, 3.8) is 0 Å². The Kier molecular flexibility index (Phi) is 5.65. The topological polar surface area (TPSA) is 49.9 Å². The first-order chi connectivity index (χ1) is 6.09. The van der Waals surface area contributed by atoms with Gasteiger partial charge < -0.3 is 5.73 Å². The van der Waals surface area contributed by atoms with Gasteiger partial charge >= 0.3 is 0 Å². The zero-order valence-electron chi connectivity index (χ0n) is 8.33. The van der Waals surface area contributed by atoms with E-state index in [0.29, 0.717) is 0 Å². The van der Waals surface area contributed by atoms with E-state index in [4.69, 9.17) is 11.1 Å². The third kappa shape index (κ3) is 4.03. The number of benzene rings is 1. The van der Waals surface area contributed by atoms with Crippen molar-refractivity contribution in [1.82, 2.24) is 0 Å². The molecule has 0 aliphatic rings. The molecule has 0 aliphatic carbocycles. The van der Waals surface area contributed by atoms with E-state index in [0.717, 1.165) is 5.75 Å². The maximum absolute atomic E-state index is 7.10. The van der Waals surface area contributed by atoms with Crippen LogP contribution in [-0.4, -0.2) is 5.17 Å². The Bertz CT molecular complexity index is 326. The van der Waals surface area contributed by atoms with Gasteiger partial charge in [0.2, 0.25) is 0 Å². The average molecular weight is 231 g/mol. The van der Waals surface area contributed by atoms with Crippen LogP contribution < -0.4 is 5.73 Å². The summed E-state index contributed by atoms with van der Waals surface area (Å²) in [6.07, 6.45) is 0. The second-order valence-electron chi connectivity index (χ2n) is 3.08. The van der Waals surface area contributed by atoms with E-state index in [1.807, 2.05) is 0 Å². The van der Waals surface area contributed by atoms with Gasteiger partial charge in [-0.1, -0.05) is 35.5 Å². The maximum atomic E-state index is 7.10. The molecular weight excluding hydrogens is 216 g/mol. The first kappa shape index (κ1) is 13.3. The molecule has 0 bridgehead atoms. The van der Waals surface area contributed by atoms with E-state index in [2.05, 4.69) is 32.0 Å². The van der Waals surface area contributed by atoms with E-state index in [-0.39, 0.29) is 17.6 Å². The number of nitrogens with two attached hydrogens (primary N) is 1. The number of hydrogen-bond donors (Lipinski definition) is 2. The largest absolute Gasteiger partial charge is 0.379 e. The number of nitrogens with one attached hydrogen (secondary N) is 1. The van der Waals surface area contributed by atoms with Crippen molar-refractivity contribution in [2.24, 2.45) is 5.73 Å². The fourth-order valence-electron chi connectivity index (χ4n) is 1.16. The van der Waals surface area contributed by atoms with Crippen LogP contribution in [0, 0.1) is 19.3 Å². The molecule has 0 atom stereocenters. The number of rotatable bonds is 2. The summed E-state index contributed by atoms with van der Waals surface area (Å²) in [7, 11) is 0. The summed E-state index contributed by atoms with van der Waals surface area (Å²) in [5.74, 6) is 0.793. The summed E-state index contributed by atoms with van der Waals surface area (Å²) < 4.78 is 0. The fraction of sp³-hybridized carbons (Fsp3) is 0.300. The predicted octanol–water partition coefficient (Wildman–Crippen LogP) is 2.85. The first-order valence-corrected chi connectivity index (χ1v) is 5.11. The normalized spacial score (nSPS) is 9.29. The molecule has 0 spiro atoms. The van der Waals surface area contributed by atoms with Gasteiger partial charge in [-0.2, -0.15) is 0 Å². The monoisotopic (exact) mass is 230 g/mol. The second kappa shape index (κ2) is 5.94. The number of aryl methyl sites for hydroxylation is 2. The van der Waals surface area contributed by atoms with Crippen LogP contribution in [0.25, 0.3) is 0 Å². The molecule has 0 amide bonds. The molecule has 1 rings (SSSR count). The Morgan fingerprint density at radius 1 is 1.43 bits per heavy atom. The Hall–Kier alpha value is -0.670. The Balaban J connectivity index is 0.00000169. The number of halogens is 1. The molecule has 14 heavy (non-hydrogen) atoms. The van der Waals surface area contributed by atoms with Gasteiger partial charge in [0, 0.05) is 5.75 Å². The molecule has 0 saturated carbocycles. The summed E-state index contributed by atoms with van der Waals surface area (Å²) in [6.45, 7) is 4.16. The standard InChI is InChI=1S/C10H14N2S.ClH/c1-7-3-4-9(8(2)5-7)6-13-10(11)12;/h3-5H,6H2,1-2H3,(H3,11,12);1H. The Morgan fingerprint density at radius 3 is 2.57 bits per heavy atom. The number of thioether (sulfide) groups is 1. The smallest absolute Gasteiger partial charge is 0.151 e. The van der Waals surface area contributed by atoms with Crippen LogP contribution >= 0.6 is 24.2 Å². The van der Waals surface area contributed by atoms with E-state index < -0.39 is 0 Å². The van der Waals surface area contributed by atoms with Gasteiger partial charge in [0.15, 0.2) is 5.17 Å². The second-order valence-corrected chi connectivity index (χ2v) is 4.10. The van der Waals surface area contributed by atoms with Gasteiger partial charge in [-0.15, -0.1) is 12.4 Å². The summed E-state index contributed by atoms with van der Waals surface area (Å²) >= 11 is 1.37. The van der Waals surface area contributed by atoms with Crippen LogP contribution in [0.5, 0.6) is 0 Å². The lowest BCUT2D eigenvalue weighted by Crippen LogP contribution is -2.04. The molecule has 0 unspecified atom stereocenters. The van der Waals surface area contributed by atoms with E-state index in [9.17, 15) is 0 Å². The number of hydrogen-bond acceptors (Lipinski definition) is 2. The quantitative estimate of drug-likeness (QED) is 0.607. The average Bonchev–Trinajstić information content (AvgIpc) is 2.02. The lowest BCUT2D eigenvalue weighted by Gasteiger charge is -2.05. The molecule has 0 aliphatic heterocycles. The third-order valence-electron chi connectivity index (χ3n) is 1.88. The van der Waals surface area contributed by atoms with Gasteiger partial charge in [0.1, 0.15) is 0 Å². The highest BCUT2D eigenvalue weighted by Crippen LogP contribution is 2.16. The summed E-state index contributed by atoms with van der Waals surface area (Å²) in [6, 6.07) is 6.33. The fourth-order valence-corrected chi connectivity index (χ4v) is 1.80. The van der Waals surface area contributed by atoms with Crippen LogP contribution in [-0.2, 0) is 5.75 Å². The molecule has 0 radical (unpaired) electrons. The highest BCUT2D eigenvalue weighted by Gasteiger charge is 1.99. The molecule has 2 nitrogen and oxygen atoms in total. The van der Waals surface area contributed by atoms with Gasteiger partial charge in [-0.25, -0.2) is 0 Å². The SMILES string of the molecule is Cc1ccc(CSC(=N)N)c(C)c1.Cl. The Morgan fingerprint density at radius 2 is 2.07 bits per heavy atom. The van der Waals surface area contributed by atoms with Gasteiger partial charge in [-0.3, -0.25) is 5.41 Å². The molecule has 3 N–H and O–H groups in total. The highest BCUT2D eigenvalue weighted by molar-refractivity contribution is 8.13. The van der Waals surface area contributed by atoms with Crippen LogP contribution in [0.3, 0.4) is 0 Å². The molecule has 4 heteroatoms. The van der Waals surface area contributed by atoms with Gasteiger partial charge in [0.05, 0.1) is 0 Å². The molecule has 1 aromatic rings. The van der Waals surface area contributed by atoms with Crippen molar-refractivity contribution >= 4 is 29.3 Å². The highest BCUT2D eigenvalue weighted by atomic mass is 35.5. The summed E-state index contributed by atoms with van der Waals surface area (Å²) in [4.78, 5) is 0. The predicted molar refractivity (Wildman–Crippen MR) is 66.4 cm³/mol. The molecule has 0 heterocycles. The van der Waals surface area contributed by atoms with Crippen molar-refractivity contribution in [3.8, 4) is 0 Å². The minimum absolute atomic E-state index is 0. The minimum Gasteiger partial charge on any atom is -0.379 e. The van der Waals surface area contributed by atoms with E-state index >= 15 is 0 Å². The van der Waals surface area contributed by atoms with Crippen LogP contribution in [0.2, 0.25) is 0 Å². The zero-order valence-corrected chi connectivity index (χ0v) is 9.97. The van der Waals surface area contributed by atoms with Gasteiger partial charge in [-0.05, 0) is 25.0 Å². The first-order valence-electron chi connectivity index (χ1n) is 4.12. The summed E-state index contributed by atoms with van der Waals surface area (Å²) in [5, 5.41) is 7.28. The minimum atomic E-state index is 0. The van der Waals surface area contributed by atoms with Crippen LogP contribution in [0.4, 0.5) is 0 Å². The molecule has 1 aromatic carbocycles. The van der Waals surface area contributed by atoms with E-state index in [1.165, 1.54) is 28.5 Å². The van der Waals surface area contributed by atoms with Crippen molar-refractivity contribution in [2.75, 3.05) is 0 Å². The third-order valence-corrected chi connectivity index (χ3v) is 2.65. The molecular formula is C10H15ClN2S. The molecule has 78 valence electrons. The van der Waals surface area contributed by atoms with Crippen molar-refractivity contribution in [2.45, 2.75) is 19.6 Å². The van der Waals surface area contributed by atoms with Crippen LogP contribution in [0.15, 0.2) is 18.2 Å². The summed E-state index contributed by atoms with van der Waals surface area (Å²) in [5.41, 5.74) is 9.07. The molecule has 0 aromatic heterocycles. The molecule has 0 fully saturated rings. The zero-order chi connectivity index (χ0) is 9.84.